The molecule has 1 fully saturated rings. The van der Waals surface area contributed by atoms with Crippen molar-refractivity contribution in [3.8, 4) is 0 Å². The molecule has 1 saturated heterocycles. The average molecular weight is 341 g/mol. The molecule has 3 rings (SSSR count). The minimum absolute atomic E-state index is 0. The molecule has 0 radical (unpaired) electrons. The van der Waals surface area contributed by atoms with Crippen LogP contribution in [0.1, 0.15) is 11.5 Å². The van der Waals surface area contributed by atoms with Crippen LogP contribution in [0.3, 0.4) is 0 Å². The van der Waals surface area contributed by atoms with Crippen LogP contribution in [0, 0.1) is 5.92 Å². The number of nitrogens with zero attached hydrogens (tertiary/aromatic N) is 2. The van der Waals surface area contributed by atoms with Crippen molar-refractivity contribution >= 4 is 35.6 Å². The topological polar surface area (TPSA) is 59.0 Å². The molecule has 1 aliphatic rings. The quantitative estimate of drug-likeness (QED) is 0.902. The summed E-state index contributed by atoms with van der Waals surface area (Å²) in [6.45, 7) is 1.45. The Bertz CT molecular complexity index is 658. The lowest BCUT2D eigenvalue weighted by Gasteiger charge is -2.17. The zero-order valence-electron chi connectivity index (χ0n) is 12.1. The van der Waals surface area contributed by atoms with E-state index in [1.54, 1.807) is 10.7 Å². The highest BCUT2D eigenvalue weighted by atomic mass is 35.5. The molecule has 2 aromatic rings. The van der Waals surface area contributed by atoms with Crippen LogP contribution in [0.15, 0.2) is 36.7 Å². The Kier molecular flexibility index (Phi) is 5.45. The van der Waals surface area contributed by atoms with E-state index < -0.39 is 0 Å². The highest BCUT2D eigenvalue weighted by Crippen LogP contribution is 2.30. The molecule has 1 aromatic carbocycles. The minimum Gasteiger partial charge on any atom is -0.324 e. The Morgan fingerprint density at radius 2 is 2.18 bits per heavy atom. The predicted molar refractivity (Wildman–Crippen MR) is 89.6 cm³/mol. The fourth-order valence-corrected chi connectivity index (χ4v) is 2.91. The van der Waals surface area contributed by atoms with E-state index in [-0.39, 0.29) is 30.2 Å². The van der Waals surface area contributed by atoms with Crippen LogP contribution in [0.5, 0.6) is 0 Å². The Hall–Kier alpha value is -1.56. The molecule has 1 aromatic heterocycles. The van der Waals surface area contributed by atoms with Gasteiger partial charge in [0.15, 0.2) is 0 Å². The van der Waals surface area contributed by atoms with Crippen molar-refractivity contribution in [3.05, 3.63) is 47.2 Å². The molecular formula is C15H18Cl2N4O. The third-order valence-corrected chi connectivity index (χ3v) is 4.17. The van der Waals surface area contributed by atoms with Gasteiger partial charge in [0, 0.05) is 32.3 Å². The zero-order chi connectivity index (χ0) is 14.8. The van der Waals surface area contributed by atoms with Gasteiger partial charge in [-0.15, -0.1) is 12.4 Å². The van der Waals surface area contributed by atoms with Gasteiger partial charge in [-0.2, -0.15) is 5.10 Å². The third-order valence-electron chi connectivity index (χ3n) is 3.84. The lowest BCUT2D eigenvalue weighted by Crippen LogP contribution is -2.28. The number of anilines is 1. The van der Waals surface area contributed by atoms with Crippen molar-refractivity contribution in [1.82, 2.24) is 15.1 Å². The van der Waals surface area contributed by atoms with Crippen molar-refractivity contribution in [3.63, 3.8) is 0 Å². The van der Waals surface area contributed by atoms with Crippen LogP contribution < -0.4 is 10.6 Å². The number of carbonyl (C=O) groups excluding carboxylic acids is 1. The van der Waals surface area contributed by atoms with Crippen LogP contribution in [0.25, 0.3) is 0 Å². The van der Waals surface area contributed by atoms with E-state index in [0.717, 1.165) is 12.1 Å². The highest BCUT2D eigenvalue weighted by molar-refractivity contribution is 6.33. The fourth-order valence-electron chi connectivity index (χ4n) is 2.72. The smallest absolute Gasteiger partial charge is 0.229 e. The van der Waals surface area contributed by atoms with Crippen LogP contribution >= 0.6 is 24.0 Å². The second kappa shape index (κ2) is 7.13. The molecule has 22 heavy (non-hydrogen) atoms. The van der Waals surface area contributed by atoms with E-state index in [2.05, 4.69) is 15.7 Å². The molecule has 2 N–H and O–H groups in total. The number of carbonyl (C=O) groups is 1. The number of para-hydroxylation sites is 1. The van der Waals surface area contributed by atoms with Gasteiger partial charge in [-0.1, -0.05) is 23.7 Å². The van der Waals surface area contributed by atoms with Gasteiger partial charge in [0.1, 0.15) is 0 Å². The van der Waals surface area contributed by atoms with E-state index in [1.807, 2.05) is 37.6 Å². The van der Waals surface area contributed by atoms with Gasteiger partial charge in [-0.25, -0.2) is 0 Å². The fraction of sp³-hybridized carbons (Fsp3) is 0.333. The number of aryl methyl sites for hydroxylation is 1. The van der Waals surface area contributed by atoms with Crippen LogP contribution in [0.4, 0.5) is 5.69 Å². The second-order valence-corrected chi connectivity index (χ2v) is 5.69. The molecule has 2 heterocycles. The standard InChI is InChI=1S/C15H17ClN4O.ClH/c1-20-9-10(6-18-20)11-7-17-8-12(11)15(21)19-14-5-3-2-4-13(14)16;/h2-6,9,11-12,17H,7-8H2,1H3,(H,19,21);1H/t11-,12+;/m1./s1. The Balaban J connectivity index is 0.00000176. The number of halogens is 2. The van der Waals surface area contributed by atoms with E-state index in [1.165, 1.54) is 0 Å². The lowest BCUT2D eigenvalue weighted by molar-refractivity contribution is -0.119. The average Bonchev–Trinajstić information content (AvgIpc) is 3.09. The molecular weight excluding hydrogens is 323 g/mol. The van der Waals surface area contributed by atoms with Gasteiger partial charge < -0.3 is 10.6 Å². The summed E-state index contributed by atoms with van der Waals surface area (Å²) in [4.78, 5) is 12.5. The SMILES string of the molecule is Cl.Cn1cc([C@H]2CNC[C@@H]2C(=O)Nc2ccccc2Cl)cn1. The van der Waals surface area contributed by atoms with Crippen molar-refractivity contribution < 1.29 is 4.79 Å². The van der Waals surface area contributed by atoms with E-state index in [4.69, 9.17) is 11.6 Å². The predicted octanol–water partition coefficient (Wildman–Crippen LogP) is 2.44. The highest BCUT2D eigenvalue weighted by Gasteiger charge is 2.34. The summed E-state index contributed by atoms with van der Waals surface area (Å²) in [5.74, 6) is 0.00798. The van der Waals surface area contributed by atoms with E-state index in [0.29, 0.717) is 17.3 Å². The maximum absolute atomic E-state index is 12.5. The maximum atomic E-state index is 12.5. The molecule has 0 aliphatic carbocycles. The first-order chi connectivity index (χ1) is 10.1. The van der Waals surface area contributed by atoms with Crippen molar-refractivity contribution in [2.75, 3.05) is 18.4 Å². The molecule has 0 saturated carbocycles. The second-order valence-electron chi connectivity index (χ2n) is 5.29. The summed E-state index contributed by atoms with van der Waals surface area (Å²) >= 11 is 6.09. The maximum Gasteiger partial charge on any atom is 0.229 e. The number of hydrogen-bond acceptors (Lipinski definition) is 3. The summed E-state index contributed by atoms with van der Waals surface area (Å²) < 4.78 is 1.76. The number of rotatable bonds is 3. The Morgan fingerprint density at radius 1 is 1.41 bits per heavy atom. The zero-order valence-corrected chi connectivity index (χ0v) is 13.7. The molecule has 2 atom stereocenters. The van der Waals surface area contributed by atoms with Crippen molar-refractivity contribution in [1.29, 1.82) is 0 Å². The normalized spacial score (nSPS) is 20.5. The van der Waals surface area contributed by atoms with Gasteiger partial charge in [0.25, 0.3) is 0 Å². The number of amides is 1. The summed E-state index contributed by atoms with van der Waals surface area (Å²) in [6.07, 6.45) is 3.79. The summed E-state index contributed by atoms with van der Waals surface area (Å²) in [5, 5.41) is 10.9. The summed E-state index contributed by atoms with van der Waals surface area (Å²) in [5.41, 5.74) is 1.74. The number of hydrogen-bond donors (Lipinski definition) is 2. The molecule has 0 unspecified atom stereocenters. The monoisotopic (exact) mass is 340 g/mol. The van der Waals surface area contributed by atoms with Gasteiger partial charge in [0.05, 0.1) is 22.8 Å². The molecule has 118 valence electrons. The molecule has 1 aliphatic heterocycles. The molecule has 0 spiro atoms. The third kappa shape index (κ3) is 3.43. The van der Waals surface area contributed by atoms with Crippen molar-refractivity contribution in [2.24, 2.45) is 13.0 Å². The minimum atomic E-state index is -0.120. The van der Waals surface area contributed by atoms with Gasteiger partial charge in [-0.05, 0) is 17.7 Å². The van der Waals surface area contributed by atoms with Crippen LogP contribution in [0.2, 0.25) is 5.02 Å². The largest absolute Gasteiger partial charge is 0.324 e. The molecule has 5 nitrogen and oxygen atoms in total. The number of nitrogens with one attached hydrogen (secondary N) is 2. The van der Waals surface area contributed by atoms with Crippen LogP contribution in [-0.2, 0) is 11.8 Å². The van der Waals surface area contributed by atoms with E-state index >= 15 is 0 Å². The summed E-state index contributed by atoms with van der Waals surface area (Å²) in [6, 6.07) is 7.27. The van der Waals surface area contributed by atoms with Gasteiger partial charge in [-0.3, -0.25) is 9.48 Å². The first-order valence-electron chi connectivity index (χ1n) is 6.90. The molecule has 1 amide bonds. The lowest BCUT2D eigenvalue weighted by atomic mass is 9.90. The Morgan fingerprint density at radius 3 is 2.86 bits per heavy atom. The van der Waals surface area contributed by atoms with Gasteiger partial charge in [0.2, 0.25) is 5.91 Å². The van der Waals surface area contributed by atoms with Crippen LogP contribution in [-0.4, -0.2) is 28.8 Å². The first-order valence-corrected chi connectivity index (χ1v) is 7.27. The summed E-state index contributed by atoms with van der Waals surface area (Å²) in [7, 11) is 1.88. The van der Waals surface area contributed by atoms with Gasteiger partial charge >= 0.3 is 0 Å². The first kappa shape index (κ1) is 16.8. The Labute approximate surface area is 140 Å². The van der Waals surface area contributed by atoms with Crippen molar-refractivity contribution in [2.45, 2.75) is 5.92 Å². The number of benzene rings is 1. The van der Waals surface area contributed by atoms with E-state index in [9.17, 15) is 4.79 Å². The molecule has 0 bridgehead atoms. The molecule has 7 heteroatoms. The number of aromatic nitrogens is 2.